The van der Waals surface area contributed by atoms with Gasteiger partial charge in [0.25, 0.3) is 0 Å². The van der Waals surface area contributed by atoms with Crippen molar-refractivity contribution >= 4 is 0 Å². The molecule has 13 fully saturated rings. The van der Waals surface area contributed by atoms with Crippen LogP contribution < -0.4 is 0 Å². The van der Waals surface area contributed by atoms with Gasteiger partial charge in [0, 0.05) is 0 Å². The quantitative estimate of drug-likeness (QED) is 0.229. The second-order valence-corrected chi connectivity index (χ2v) is 19.8. The zero-order valence-electron chi connectivity index (χ0n) is 39.6. The minimum Gasteiger partial charge on any atom is -0.0533 e. The molecular formula is C56H112. The molecule has 0 spiro atoms. The molecule has 0 heterocycles. The molecule has 0 nitrogen and oxygen atoms in total. The molecule has 0 bridgehead atoms. The first-order valence-corrected chi connectivity index (χ1v) is 28.0. The number of hydrogen-bond donors (Lipinski definition) is 0. The van der Waals surface area contributed by atoms with Crippen molar-refractivity contribution in [1.29, 1.82) is 0 Å². The van der Waals surface area contributed by atoms with E-state index in [0.717, 1.165) is 0 Å². The first-order chi connectivity index (χ1) is 28.0. The molecule has 13 saturated carbocycles. The lowest BCUT2D eigenvalue weighted by Gasteiger charge is -2.05. The first-order valence-electron chi connectivity index (χ1n) is 28.0. The van der Waals surface area contributed by atoms with Crippen molar-refractivity contribution in [2.24, 2.45) is 0 Å². The van der Waals surface area contributed by atoms with Crippen LogP contribution in [-0.2, 0) is 0 Å². The van der Waals surface area contributed by atoms with Crippen molar-refractivity contribution < 1.29 is 0 Å². The minimum absolute atomic E-state index is 1.50. The van der Waals surface area contributed by atoms with Crippen LogP contribution in [0.1, 0.15) is 360 Å². The normalized spacial score (nSPS) is 24.0. The van der Waals surface area contributed by atoms with Gasteiger partial charge in [0.15, 0.2) is 0 Å². The zero-order chi connectivity index (χ0) is 39.6. The lowest BCUT2D eigenvalue weighted by molar-refractivity contribution is 0.504. The van der Waals surface area contributed by atoms with Crippen LogP contribution in [-0.4, -0.2) is 0 Å². The molecule has 0 N–H and O–H groups in total. The van der Waals surface area contributed by atoms with Gasteiger partial charge >= 0.3 is 0 Å². The maximum Gasteiger partial charge on any atom is -0.0533 e. The largest absolute Gasteiger partial charge is 0.0533 e. The predicted molar refractivity (Wildman–Crippen MR) is 259 cm³/mol. The number of rotatable bonds is 0. The average molecular weight is 786 g/mol. The van der Waals surface area contributed by atoms with Crippen LogP contribution in [0.3, 0.4) is 0 Å². The van der Waals surface area contributed by atoms with E-state index in [-0.39, 0.29) is 0 Å². The summed E-state index contributed by atoms with van der Waals surface area (Å²) in [5.41, 5.74) is 0. The monoisotopic (exact) mass is 785 g/mol. The van der Waals surface area contributed by atoms with E-state index in [2.05, 4.69) is 0 Å². The topological polar surface area (TPSA) is 0 Å². The Morgan fingerprint density at radius 1 is 0.0357 bits per heavy atom. The summed E-state index contributed by atoms with van der Waals surface area (Å²) in [4.78, 5) is 0. The Kier molecular flexibility index (Phi) is 49.3. The molecule has 0 atom stereocenters. The van der Waals surface area contributed by atoms with Crippen molar-refractivity contribution in [3.63, 3.8) is 0 Å². The highest BCUT2D eigenvalue weighted by Gasteiger charge is 2.00. The summed E-state index contributed by atoms with van der Waals surface area (Å²) in [7, 11) is 0. The molecule has 0 heteroatoms. The molecule has 0 aromatic rings. The zero-order valence-corrected chi connectivity index (χ0v) is 39.6. The second-order valence-electron chi connectivity index (χ2n) is 19.8. The smallest absolute Gasteiger partial charge is 0.0533 e. The molecule has 336 valence electrons. The van der Waals surface area contributed by atoms with E-state index in [1.807, 2.05) is 0 Å². The second kappa shape index (κ2) is 51.1. The summed E-state index contributed by atoms with van der Waals surface area (Å²) in [5, 5.41) is 0. The van der Waals surface area contributed by atoms with Gasteiger partial charge in [-0.2, -0.15) is 0 Å². The van der Waals surface area contributed by atoms with Crippen LogP contribution in [0.2, 0.25) is 0 Å². The summed E-state index contributed by atoms with van der Waals surface area (Å²) in [5.74, 6) is 0. The SMILES string of the molecule is C1CCC1.C1CCC1.C1CCC1.C1CCC1.C1CCC1.C1CCC1.C1CCC1.C1CCC1.C1CCC1.C1CCC1.C1CCC1.C1CCCCC1.C1CCCCC1. The summed E-state index contributed by atoms with van der Waals surface area (Å²) in [6.45, 7) is 0. The van der Waals surface area contributed by atoms with E-state index in [9.17, 15) is 0 Å². The first kappa shape index (κ1) is 54.0. The van der Waals surface area contributed by atoms with Crippen molar-refractivity contribution in [2.75, 3.05) is 0 Å². The molecule has 0 radical (unpaired) electrons. The minimum atomic E-state index is 1.50. The van der Waals surface area contributed by atoms with Gasteiger partial charge in [0.2, 0.25) is 0 Å². The van der Waals surface area contributed by atoms with E-state index in [1.54, 1.807) is 0 Å². The molecular weight excluding hydrogens is 673 g/mol. The van der Waals surface area contributed by atoms with Crippen molar-refractivity contribution in [1.82, 2.24) is 0 Å². The van der Waals surface area contributed by atoms with Gasteiger partial charge in [0.1, 0.15) is 0 Å². The van der Waals surface area contributed by atoms with Gasteiger partial charge in [-0.15, -0.1) is 0 Å². The Bertz CT molecular complexity index is 367. The van der Waals surface area contributed by atoms with Crippen molar-refractivity contribution in [2.45, 2.75) is 360 Å². The Labute approximate surface area is 358 Å². The molecule has 0 aliphatic heterocycles. The van der Waals surface area contributed by atoms with E-state index in [0.29, 0.717) is 0 Å². The molecule has 13 rings (SSSR count). The molecule has 0 aromatic carbocycles. The van der Waals surface area contributed by atoms with Gasteiger partial charge in [-0.25, -0.2) is 0 Å². The highest BCUT2D eigenvalue weighted by molar-refractivity contribution is 4.56. The van der Waals surface area contributed by atoms with Crippen LogP contribution >= 0.6 is 0 Å². The van der Waals surface area contributed by atoms with Gasteiger partial charge in [-0.3, -0.25) is 0 Å². The molecule has 13 aliphatic carbocycles. The van der Waals surface area contributed by atoms with Gasteiger partial charge < -0.3 is 0 Å². The summed E-state index contributed by atoms with van der Waals surface area (Å²) in [6, 6.07) is 0. The average Bonchev–Trinajstić information content (AvgIpc) is 2.85. The van der Waals surface area contributed by atoms with Gasteiger partial charge in [0.05, 0.1) is 0 Å². The summed E-state index contributed by atoms with van der Waals surface area (Å²) in [6.07, 6.45) is 84.0. The maximum atomic E-state index is 1.50. The fraction of sp³-hybridized carbons (Fsp3) is 1.00. The van der Waals surface area contributed by atoms with E-state index in [4.69, 9.17) is 0 Å². The molecule has 0 saturated heterocycles. The van der Waals surface area contributed by atoms with Crippen LogP contribution in [0.15, 0.2) is 0 Å². The maximum absolute atomic E-state index is 1.50. The number of hydrogen-bond acceptors (Lipinski definition) is 0. The fourth-order valence-corrected chi connectivity index (χ4v) is 4.87. The highest BCUT2D eigenvalue weighted by Crippen LogP contribution is 2.20. The predicted octanol–water partition coefficient (Wildman–Crippen LogP) is 21.8. The molecule has 0 amide bonds. The van der Waals surface area contributed by atoms with E-state index in [1.165, 1.54) is 360 Å². The summed E-state index contributed by atoms with van der Waals surface area (Å²) < 4.78 is 0. The van der Waals surface area contributed by atoms with E-state index < -0.39 is 0 Å². The molecule has 0 unspecified atom stereocenters. The lowest BCUT2D eigenvalue weighted by atomic mass is 10.0. The third kappa shape index (κ3) is 48.4. The van der Waals surface area contributed by atoms with Crippen LogP contribution in [0, 0.1) is 0 Å². The molecule has 13 aliphatic rings. The standard InChI is InChI=1S/2C6H12.11C4H8/c2*1-2-4-6-5-3-1;11*1-2-4-3-1/h2*1-6H2;11*1-4H2. The van der Waals surface area contributed by atoms with Crippen molar-refractivity contribution in [3.05, 3.63) is 0 Å². The van der Waals surface area contributed by atoms with Crippen LogP contribution in [0.25, 0.3) is 0 Å². The highest BCUT2D eigenvalue weighted by atomic mass is 14.1. The third-order valence-corrected chi connectivity index (χ3v) is 14.0. The Morgan fingerprint density at radius 2 is 0.0536 bits per heavy atom. The third-order valence-electron chi connectivity index (χ3n) is 14.0. The molecule has 0 aromatic heterocycles. The molecule has 56 heavy (non-hydrogen) atoms. The Morgan fingerprint density at radius 3 is 0.0714 bits per heavy atom. The van der Waals surface area contributed by atoms with Crippen molar-refractivity contribution in [3.8, 4) is 0 Å². The van der Waals surface area contributed by atoms with Crippen LogP contribution in [0.4, 0.5) is 0 Å². The van der Waals surface area contributed by atoms with E-state index >= 15 is 0 Å². The Hall–Kier alpha value is 0. The lowest BCUT2D eigenvalue weighted by Crippen LogP contribution is -1.85. The Balaban J connectivity index is 0.000000304. The van der Waals surface area contributed by atoms with Gasteiger partial charge in [-0.05, 0) is 0 Å². The van der Waals surface area contributed by atoms with Gasteiger partial charge in [-0.1, -0.05) is 360 Å². The fourth-order valence-electron chi connectivity index (χ4n) is 4.87. The van der Waals surface area contributed by atoms with Crippen LogP contribution in [0.5, 0.6) is 0 Å². The summed E-state index contributed by atoms with van der Waals surface area (Å²) >= 11 is 0.